The fourth-order valence-corrected chi connectivity index (χ4v) is 2.34. The van der Waals surface area contributed by atoms with Gasteiger partial charge >= 0.3 is 0 Å². The minimum atomic E-state index is -0.300. The average Bonchev–Trinajstić information content (AvgIpc) is 2.65. The summed E-state index contributed by atoms with van der Waals surface area (Å²) in [5.74, 6) is 1.03. The fraction of sp³-hybridized carbons (Fsp3) is 0.263. The highest BCUT2D eigenvalue weighted by Gasteiger charge is 2.19. The maximum Gasteiger partial charge on any atom is 0.158 e. The Morgan fingerprint density at radius 1 is 1.50 bits per heavy atom. The summed E-state index contributed by atoms with van der Waals surface area (Å²) in [6.45, 7) is 9.74. The van der Waals surface area contributed by atoms with Crippen LogP contribution in [-0.2, 0) is 4.79 Å². The van der Waals surface area contributed by atoms with E-state index in [4.69, 9.17) is 5.73 Å². The predicted molar refractivity (Wildman–Crippen MR) is 105 cm³/mol. The van der Waals surface area contributed by atoms with Gasteiger partial charge < -0.3 is 16.4 Å². The molecule has 136 valence electrons. The number of rotatable bonds is 6. The van der Waals surface area contributed by atoms with Gasteiger partial charge in [-0.1, -0.05) is 19.6 Å². The van der Waals surface area contributed by atoms with E-state index in [1.54, 1.807) is 18.5 Å². The fourth-order valence-electron chi connectivity index (χ4n) is 2.34. The molecule has 4 N–H and O–H groups in total. The number of carbonyl (C=O) groups excluding carboxylic acids is 1. The van der Waals surface area contributed by atoms with Gasteiger partial charge in [-0.15, -0.1) is 0 Å². The van der Waals surface area contributed by atoms with Gasteiger partial charge in [0.15, 0.2) is 5.78 Å². The molecule has 1 aliphatic rings. The molecule has 2 rings (SSSR count). The number of hydrogen-bond acceptors (Lipinski definition) is 6. The topological polar surface area (TPSA) is 105 Å². The number of nitrogens with zero attached hydrogens (tertiary/aromatic N) is 3. The van der Waals surface area contributed by atoms with Crippen molar-refractivity contribution in [1.82, 2.24) is 20.6 Å². The van der Waals surface area contributed by atoms with Crippen LogP contribution in [0.5, 0.6) is 0 Å². The summed E-state index contributed by atoms with van der Waals surface area (Å²) in [6.07, 6.45) is 9.02. The molecule has 7 heteroatoms. The quantitative estimate of drug-likeness (QED) is 0.536. The number of amidine groups is 1. The Hall–Kier alpha value is -3.22. The van der Waals surface area contributed by atoms with Crippen molar-refractivity contribution < 1.29 is 4.79 Å². The molecule has 1 unspecified atom stereocenters. The van der Waals surface area contributed by atoms with Crippen LogP contribution in [0, 0.1) is 0 Å². The van der Waals surface area contributed by atoms with Gasteiger partial charge in [-0.2, -0.15) is 0 Å². The summed E-state index contributed by atoms with van der Waals surface area (Å²) in [6, 6.07) is 1.34. The first-order valence-electron chi connectivity index (χ1n) is 8.37. The third kappa shape index (κ3) is 4.66. The van der Waals surface area contributed by atoms with E-state index in [9.17, 15) is 4.79 Å². The van der Waals surface area contributed by atoms with Gasteiger partial charge in [-0.3, -0.25) is 4.79 Å². The molecule has 7 nitrogen and oxygen atoms in total. The molecule has 0 aromatic carbocycles. The number of allylic oxidation sites excluding steroid dienone is 2. The van der Waals surface area contributed by atoms with E-state index < -0.39 is 0 Å². The van der Waals surface area contributed by atoms with E-state index in [0.29, 0.717) is 29.3 Å². The van der Waals surface area contributed by atoms with E-state index >= 15 is 0 Å². The summed E-state index contributed by atoms with van der Waals surface area (Å²) < 4.78 is 0. The maximum absolute atomic E-state index is 11.9. The van der Waals surface area contributed by atoms with Crippen molar-refractivity contribution in [3.05, 3.63) is 60.5 Å². The molecule has 2 heterocycles. The monoisotopic (exact) mass is 352 g/mol. The van der Waals surface area contributed by atoms with E-state index in [1.807, 2.05) is 32.9 Å². The maximum atomic E-state index is 11.9. The van der Waals surface area contributed by atoms with E-state index in [1.165, 1.54) is 6.33 Å². The first-order chi connectivity index (χ1) is 12.5. The number of nitrogens with two attached hydrogens (primary N) is 1. The second-order valence-electron chi connectivity index (χ2n) is 5.76. The lowest BCUT2D eigenvalue weighted by Crippen LogP contribution is -2.37. The highest BCUT2D eigenvalue weighted by atomic mass is 16.1. The molecule has 1 aromatic rings. The number of hydrogen-bond donors (Lipinski definition) is 3. The molecule has 0 spiro atoms. The summed E-state index contributed by atoms with van der Waals surface area (Å²) in [4.78, 5) is 24.4. The third-order valence-corrected chi connectivity index (χ3v) is 3.83. The van der Waals surface area contributed by atoms with E-state index in [0.717, 1.165) is 11.3 Å². The molecule has 26 heavy (non-hydrogen) atoms. The number of carbonyl (C=O) groups is 1. The van der Waals surface area contributed by atoms with Gasteiger partial charge in [0.2, 0.25) is 0 Å². The number of nitrogen functional groups attached to an aromatic ring is 1. The van der Waals surface area contributed by atoms with E-state index in [-0.39, 0.29) is 11.8 Å². The SMILES string of the molecule is C=C(C(=N/C=C\C)NC1=CNC(C(=O)CC)C=C1C)c1cc(N)ncn1. The minimum absolute atomic E-state index is 0.142. The van der Waals surface area contributed by atoms with Gasteiger partial charge in [-0.05, 0) is 25.5 Å². The largest absolute Gasteiger partial charge is 0.384 e. The van der Waals surface area contributed by atoms with Crippen LogP contribution >= 0.6 is 0 Å². The molecule has 0 saturated carbocycles. The van der Waals surface area contributed by atoms with E-state index in [2.05, 4.69) is 32.2 Å². The molecule has 0 bridgehead atoms. The van der Waals surface area contributed by atoms with Crippen LogP contribution in [0.2, 0.25) is 0 Å². The molecule has 0 amide bonds. The molecule has 0 radical (unpaired) electrons. The number of ketones is 1. The smallest absolute Gasteiger partial charge is 0.158 e. The van der Waals surface area contributed by atoms with Crippen LogP contribution in [-0.4, -0.2) is 27.6 Å². The van der Waals surface area contributed by atoms with Crippen molar-refractivity contribution in [2.24, 2.45) is 4.99 Å². The Balaban J connectivity index is 2.25. The number of anilines is 1. The molecule has 0 aliphatic carbocycles. The van der Waals surface area contributed by atoms with Crippen molar-refractivity contribution in [2.75, 3.05) is 5.73 Å². The molecular weight excluding hydrogens is 328 g/mol. The number of aromatic nitrogens is 2. The van der Waals surface area contributed by atoms with Crippen LogP contribution in [0.15, 0.2) is 59.8 Å². The molecule has 0 fully saturated rings. The molecule has 1 aromatic heterocycles. The zero-order valence-corrected chi connectivity index (χ0v) is 15.3. The highest BCUT2D eigenvalue weighted by Crippen LogP contribution is 2.17. The number of Topliss-reactive ketones (excluding diaryl/α,β-unsaturated/α-hetero) is 1. The average molecular weight is 352 g/mol. The normalized spacial score (nSPS) is 17.3. The molecule has 1 atom stereocenters. The van der Waals surface area contributed by atoms with Gasteiger partial charge in [0.25, 0.3) is 0 Å². The summed E-state index contributed by atoms with van der Waals surface area (Å²) in [5.41, 5.74) is 8.64. The van der Waals surface area contributed by atoms with Crippen LogP contribution in [0.1, 0.15) is 32.9 Å². The van der Waals surface area contributed by atoms with Gasteiger partial charge in [0.1, 0.15) is 24.0 Å². The minimum Gasteiger partial charge on any atom is -0.384 e. The zero-order valence-electron chi connectivity index (χ0n) is 15.3. The third-order valence-electron chi connectivity index (χ3n) is 3.83. The Bertz CT molecular complexity index is 819. The lowest BCUT2D eigenvalue weighted by molar-refractivity contribution is -0.119. The zero-order chi connectivity index (χ0) is 19.1. The number of nitrogens with one attached hydrogen (secondary N) is 2. The van der Waals surface area contributed by atoms with Crippen LogP contribution in [0.3, 0.4) is 0 Å². The van der Waals surface area contributed by atoms with Gasteiger partial charge in [0, 0.05) is 30.5 Å². The van der Waals surface area contributed by atoms with Crippen molar-refractivity contribution in [1.29, 1.82) is 0 Å². The number of dihydropyridines is 1. The molecule has 1 aliphatic heterocycles. The Labute approximate surface area is 153 Å². The lowest BCUT2D eigenvalue weighted by Gasteiger charge is -2.22. The van der Waals surface area contributed by atoms with Crippen LogP contribution < -0.4 is 16.4 Å². The summed E-state index contributed by atoms with van der Waals surface area (Å²) in [5, 5.41) is 6.35. The second kappa shape index (κ2) is 8.75. The van der Waals surface area contributed by atoms with Gasteiger partial charge in [0.05, 0.1) is 11.4 Å². The van der Waals surface area contributed by atoms with Crippen molar-refractivity contribution in [2.45, 2.75) is 33.2 Å². The first-order valence-corrected chi connectivity index (χ1v) is 8.37. The Morgan fingerprint density at radius 3 is 2.88 bits per heavy atom. The predicted octanol–water partition coefficient (Wildman–Crippen LogP) is 2.33. The van der Waals surface area contributed by atoms with Crippen molar-refractivity contribution >= 4 is 23.0 Å². The Kier molecular flexibility index (Phi) is 6.43. The summed E-state index contributed by atoms with van der Waals surface area (Å²) in [7, 11) is 0. The molecule has 0 saturated heterocycles. The van der Waals surface area contributed by atoms with Crippen LogP contribution in [0.4, 0.5) is 5.82 Å². The van der Waals surface area contributed by atoms with Crippen molar-refractivity contribution in [3.63, 3.8) is 0 Å². The highest BCUT2D eigenvalue weighted by molar-refractivity contribution is 6.22. The first kappa shape index (κ1) is 19.1. The lowest BCUT2D eigenvalue weighted by atomic mass is 10.0. The number of aliphatic imine (C=N–C) groups is 1. The van der Waals surface area contributed by atoms with Gasteiger partial charge in [-0.25, -0.2) is 15.0 Å². The molecular formula is C19H24N6O. The second-order valence-corrected chi connectivity index (χ2v) is 5.76. The van der Waals surface area contributed by atoms with Crippen molar-refractivity contribution in [3.8, 4) is 0 Å². The standard InChI is InChI=1S/C19H24N6O/c1-5-7-21-19(13(4)14-9-18(20)24-11-23-14)25-16-10-22-15(8-12(16)3)17(26)6-2/h5,7-11,15,22H,4,6H2,1-3H3,(H,21,25)(H2,20,23,24)/b7-5-. The van der Waals surface area contributed by atoms with Crippen LogP contribution in [0.25, 0.3) is 5.57 Å². The Morgan fingerprint density at radius 2 is 2.27 bits per heavy atom. The summed E-state index contributed by atoms with van der Waals surface area (Å²) >= 11 is 0.